The van der Waals surface area contributed by atoms with Crippen LogP contribution >= 0.6 is 0 Å². The number of nitrogens with zero attached hydrogens (tertiary/aromatic N) is 3. The van der Waals surface area contributed by atoms with E-state index in [4.69, 9.17) is 0 Å². The van der Waals surface area contributed by atoms with Crippen molar-refractivity contribution in [3.8, 4) is 11.3 Å². The maximum Gasteiger partial charge on any atom is 0.264 e. The Balaban J connectivity index is 1.05. The number of benzene rings is 2. The molecular formula is C27H27N5O3. The van der Waals surface area contributed by atoms with Gasteiger partial charge in [-0.15, -0.1) is 0 Å². The van der Waals surface area contributed by atoms with E-state index in [9.17, 15) is 14.4 Å². The van der Waals surface area contributed by atoms with E-state index in [1.165, 1.54) is 18.9 Å². The van der Waals surface area contributed by atoms with Crippen molar-refractivity contribution >= 4 is 23.2 Å². The van der Waals surface area contributed by atoms with Crippen molar-refractivity contribution in [1.82, 2.24) is 15.1 Å². The van der Waals surface area contributed by atoms with Crippen LogP contribution in [-0.4, -0.2) is 53.1 Å². The number of hydrogen-bond acceptors (Lipinski definition) is 5. The van der Waals surface area contributed by atoms with Gasteiger partial charge in [0.2, 0.25) is 5.91 Å². The van der Waals surface area contributed by atoms with Gasteiger partial charge in [-0.05, 0) is 61.1 Å². The van der Waals surface area contributed by atoms with Crippen LogP contribution in [0.15, 0.2) is 65.5 Å². The number of likely N-dealkylation sites (tertiary alicyclic amines) is 1. The minimum Gasteiger partial charge on any atom is -0.371 e. The molecule has 6 rings (SSSR count). The Morgan fingerprint density at radius 1 is 0.943 bits per heavy atom. The number of fused-ring (bicyclic) bond motifs is 1. The van der Waals surface area contributed by atoms with Gasteiger partial charge in [0.05, 0.1) is 5.69 Å². The summed E-state index contributed by atoms with van der Waals surface area (Å²) in [6.07, 6.45) is 2.43. The van der Waals surface area contributed by atoms with E-state index in [1.807, 2.05) is 29.2 Å². The summed E-state index contributed by atoms with van der Waals surface area (Å²) in [5.74, 6) is 0.470. The van der Waals surface area contributed by atoms with Crippen LogP contribution in [0.4, 0.5) is 11.4 Å². The van der Waals surface area contributed by atoms with Gasteiger partial charge >= 0.3 is 0 Å². The van der Waals surface area contributed by atoms with E-state index in [-0.39, 0.29) is 35.1 Å². The summed E-state index contributed by atoms with van der Waals surface area (Å²) in [5, 5.41) is 9.54. The Hall–Kier alpha value is -3.94. The summed E-state index contributed by atoms with van der Waals surface area (Å²) in [4.78, 5) is 41.3. The van der Waals surface area contributed by atoms with Gasteiger partial charge in [0.25, 0.3) is 11.5 Å². The maximum atomic E-state index is 13.0. The number of aromatic amines is 1. The van der Waals surface area contributed by atoms with Gasteiger partial charge in [-0.25, -0.2) is 5.10 Å². The minimum atomic E-state index is -0.254. The van der Waals surface area contributed by atoms with Crippen LogP contribution in [0.5, 0.6) is 0 Å². The molecule has 3 fully saturated rings. The molecule has 1 aromatic heterocycles. The molecule has 3 heterocycles. The fourth-order valence-corrected chi connectivity index (χ4v) is 5.53. The molecule has 178 valence electrons. The number of nitrogens with one attached hydrogen (secondary N) is 2. The molecule has 1 aliphatic carbocycles. The number of amides is 2. The van der Waals surface area contributed by atoms with Crippen LogP contribution in [-0.2, 0) is 4.79 Å². The Bertz CT molecular complexity index is 1300. The minimum absolute atomic E-state index is 0.0179. The van der Waals surface area contributed by atoms with Crippen LogP contribution in [0.2, 0.25) is 0 Å². The second kappa shape index (κ2) is 8.69. The molecule has 2 N–H and O–H groups in total. The Labute approximate surface area is 203 Å². The topological polar surface area (TPSA) is 98.4 Å². The summed E-state index contributed by atoms with van der Waals surface area (Å²) in [6.45, 7) is 3.36. The molecule has 0 spiro atoms. The highest BCUT2D eigenvalue weighted by molar-refractivity contribution is 5.97. The van der Waals surface area contributed by atoms with Crippen LogP contribution in [0, 0.1) is 17.8 Å². The lowest BCUT2D eigenvalue weighted by molar-refractivity contribution is -0.118. The van der Waals surface area contributed by atoms with Gasteiger partial charge in [0.1, 0.15) is 0 Å². The number of hydrogen-bond donors (Lipinski definition) is 2. The van der Waals surface area contributed by atoms with E-state index < -0.39 is 0 Å². The molecule has 2 aliphatic heterocycles. The van der Waals surface area contributed by atoms with E-state index in [0.29, 0.717) is 24.3 Å². The average Bonchev–Trinajstić information content (AvgIpc) is 3.24. The predicted octanol–water partition coefficient (Wildman–Crippen LogP) is 2.99. The molecule has 2 saturated heterocycles. The lowest BCUT2D eigenvalue weighted by atomic mass is 10.1. The normalized spacial score (nSPS) is 22.7. The highest BCUT2D eigenvalue weighted by atomic mass is 16.2. The first-order valence-electron chi connectivity index (χ1n) is 12.2. The fraction of sp³-hybridized carbons (Fsp3) is 0.333. The van der Waals surface area contributed by atoms with Crippen molar-refractivity contribution in [1.29, 1.82) is 0 Å². The van der Waals surface area contributed by atoms with Crippen molar-refractivity contribution in [3.05, 3.63) is 76.6 Å². The lowest BCUT2D eigenvalue weighted by Gasteiger charge is -2.20. The Morgan fingerprint density at radius 2 is 1.69 bits per heavy atom. The Morgan fingerprint density at radius 3 is 2.37 bits per heavy atom. The molecule has 8 heteroatoms. The van der Waals surface area contributed by atoms with E-state index >= 15 is 0 Å². The van der Waals surface area contributed by atoms with Gasteiger partial charge < -0.3 is 15.1 Å². The third-order valence-corrected chi connectivity index (χ3v) is 7.48. The van der Waals surface area contributed by atoms with Gasteiger partial charge in [0.15, 0.2) is 0 Å². The third-order valence-electron chi connectivity index (χ3n) is 7.48. The molecule has 1 saturated carbocycles. The molecule has 3 aliphatic rings. The number of aromatic nitrogens is 2. The number of piperidine rings is 1. The van der Waals surface area contributed by atoms with Crippen LogP contribution in [0.25, 0.3) is 11.3 Å². The first-order chi connectivity index (χ1) is 17.1. The second-order valence-electron chi connectivity index (χ2n) is 9.68. The molecule has 2 atom stereocenters. The van der Waals surface area contributed by atoms with E-state index in [2.05, 4.69) is 32.5 Å². The molecular weight excluding hydrogens is 442 g/mol. The number of carbonyl (C=O) groups excluding carboxylic acids is 2. The largest absolute Gasteiger partial charge is 0.371 e. The summed E-state index contributed by atoms with van der Waals surface area (Å²) in [6, 6.07) is 18.4. The number of carbonyl (C=O) groups is 2. The number of anilines is 2. The summed E-state index contributed by atoms with van der Waals surface area (Å²) in [7, 11) is 0. The van der Waals surface area contributed by atoms with Crippen molar-refractivity contribution in [3.63, 3.8) is 0 Å². The van der Waals surface area contributed by atoms with Gasteiger partial charge in [-0.1, -0.05) is 18.2 Å². The summed E-state index contributed by atoms with van der Waals surface area (Å²) in [5.41, 5.74) is 3.83. The predicted molar refractivity (Wildman–Crippen MR) is 133 cm³/mol. The monoisotopic (exact) mass is 469 g/mol. The SMILES string of the molecule is O=C(Nc1cccc(N2CCCC2)c1)C1[C@H]2CN(C(=O)c3ccc(-c4ccc(=O)[nH]n4)cc3)C[C@H]12. The van der Waals surface area contributed by atoms with Gasteiger partial charge in [0, 0.05) is 60.7 Å². The van der Waals surface area contributed by atoms with E-state index in [0.717, 1.165) is 30.0 Å². The van der Waals surface area contributed by atoms with Crippen molar-refractivity contribution in [2.75, 3.05) is 36.4 Å². The zero-order chi connectivity index (χ0) is 23.9. The van der Waals surface area contributed by atoms with E-state index in [1.54, 1.807) is 18.2 Å². The van der Waals surface area contributed by atoms with Crippen molar-refractivity contribution < 1.29 is 9.59 Å². The fourth-order valence-electron chi connectivity index (χ4n) is 5.53. The molecule has 0 unspecified atom stereocenters. The molecule has 3 aromatic rings. The maximum absolute atomic E-state index is 13.0. The number of H-pyrrole nitrogens is 1. The van der Waals surface area contributed by atoms with Gasteiger partial charge in [-0.2, -0.15) is 5.10 Å². The zero-order valence-electron chi connectivity index (χ0n) is 19.3. The first kappa shape index (κ1) is 21.6. The highest BCUT2D eigenvalue weighted by Gasteiger charge is 2.60. The molecule has 2 aromatic carbocycles. The summed E-state index contributed by atoms with van der Waals surface area (Å²) >= 11 is 0. The number of rotatable bonds is 5. The Kier molecular flexibility index (Phi) is 5.36. The molecule has 0 bridgehead atoms. The smallest absolute Gasteiger partial charge is 0.264 e. The second-order valence-corrected chi connectivity index (χ2v) is 9.68. The molecule has 2 amide bonds. The first-order valence-corrected chi connectivity index (χ1v) is 12.2. The van der Waals surface area contributed by atoms with Crippen molar-refractivity contribution in [2.24, 2.45) is 17.8 Å². The third kappa shape index (κ3) is 4.20. The van der Waals surface area contributed by atoms with Crippen molar-refractivity contribution in [2.45, 2.75) is 12.8 Å². The standard InChI is InChI=1S/C27H27N5O3/c33-24-11-10-23(29-30-24)17-6-8-18(9-7-17)27(35)32-15-21-22(16-32)25(21)26(34)28-19-4-3-5-20(14-19)31-12-1-2-13-31/h3-11,14,21-22,25H,1-2,12-13,15-16H2,(H,28,34)(H,30,33)/t21-,22-/m0/s1. The quantitative estimate of drug-likeness (QED) is 0.599. The van der Waals surface area contributed by atoms with Gasteiger partial charge in [-0.3, -0.25) is 14.4 Å². The highest BCUT2D eigenvalue weighted by Crippen LogP contribution is 2.52. The molecule has 0 radical (unpaired) electrons. The molecule has 8 nitrogen and oxygen atoms in total. The van der Waals surface area contributed by atoms with Crippen LogP contribution < -0.4 is 15.8 Å². The van der Waals surface area contributed by atoms with Crippen LogP contribution in [0.1, 0.15) is 23.2 Å². The lowest BCUT2D eigenvalue weighted by Crippen LogP contribution is -2.33. The molecule has 35 heavy (non-hydrogen) atoms. The average molecular weight is 470 g/mol. The van der Waals surface area contributed by atoms with Crippen LogP contribution in [0.3, 0.4) is 0 Å². The zero-order valence-corrected chi connectivity index (χ0v) is 19.3. The summed E-state index contributed by atoms with van der Waals surface area (Å²) < 4.78 is 0.